The Balaban J connectivity index is 3.26. The summed E-state index contributed by atoms with van der Waals surface area (Å²) in [5.74, 6) is -1.98. The van der Waals surface area contributed by atoms with Gasteiger partial charge in [-0.25, -0.2) is 0 Å². The number of carbonyl (C=O) groups is 3. The van der Waals surface area contributed by atoms with Crippen LogP contribution >= 0.6 is 0 Å². The van der Waals surface area contributed by atoms with Crippen LogP contribution in [0.3, 0.4) is 0 Å². The monoisotopic (exact) mass is 266 g/mol. The molecule has 0 aliphatic rings. The molecule has 0 fully saturated rings. The van der Waals surface area contributed by atoms with Crippen molar-refractivity contribution < 1.29 is 29.0 Å². The first-order valence-corrected chi connectivity index (χ1v) is 5.52. The first kappa shape index (κ1) is 14.7. The fourth-order valence-electron chi connectivity index (χ4n) is 1.57. The average molecular weight is 266 g/mol. The zero-order valence-corrected chi connectivity index (χ0v) is 10.9. The van der Waals surface area contributed by atoms with Crippen molar-refractivity contribution in [1.29, 1.82) is 0 Å². The van der Waals surface area contributed by atoms with E-state index in [2.05, 4.69) is 0 Å². The maximum atomic E-state index is 11.1. The Morgan fingerprint density at radius 2 is 1.68 bits per heavy atom. The van der Waals surface area contributed by atoms with Crippen LogP contribution in [0.1, 0.15) is 25.0 Å². The lowest BCUT2D eigenvalue weighted by molar-refractivity contribution is -0.136. The Kier molecular flexibility index (Phi) is 4.63. The highest BCUT2D eigenvalue weighted by Crippen LogP contribution is 2.34. The summed E-state index contributed by atoms with van der Waals surface area (Å²) < 4.78 is 9.91. The van der Waals surface area contributed by atoms with Crippen LogP contribution < -0.4 is 9.47 Å². The van der Waals surface area contributed by atoms with E-state index >= 15 is 0 Å². The van der Waals surface area contributed by atoms with Crippen molar-refractivity contribution in [3.8, 4) is 11.5 Å². The smallest absolute Gasteiger partial charge is 0.308 e. The Bertz CT molecular complexity index is 532. The molecule has 0 amide bonds. The lowest BCUT2D eigenvalue weighted by Gasteiger charge is -2.13. The number of benzene rings is 1. The minimum Gasteiger partial charge on any atom is -0.481 e. The predicted molar refractivity (Wildman–Crippen MR) is 65.1 cm³/mol. The van der Waals surface area contributed by atoms with Crippen molar-refractivity contribution in [3.63, 3.8) is 0 Å². The van der Waals surface area contributed by atoms with Gasteiger partial charge >= 0.3 is 17.9 Å². The number of aliphatic carboxylic acids is 1. The first-order chi connectivity index (χ1) is 8.81. The van der Waals surface area contributed by atoms with Gasteiger partial charge in [0.1, 0.15) is 0 Å². The summed E-state index contributed by atoms with van der Waals surface area (Å²) in [6.45, 7) is 4.03. The number of carboxylic acid groups (broad SMARTS) is 1. The molecule has 1 N–H and O–H groups in total. The summed E-state index contributed by atoms with van der Waals surface area (Å²) in [5, 5.41) is 8.79. The topological polar surface area (TPSA) is 89.9 Å². The van der Waals surface area contributed by atoms with Gasteiger partial charge in [0.15, 0.2) is 11.5 Å². The Morgan fingerprint density at radius 1 is 1.11 bits per heavy atom. The minimum atomic E-state index is -1.00. The van der Waals surface area contributed by atoms with Crippen molar-refractivity contribution in [1.82, 2.24) is 0 Å². The highest BCUT2D eigenvalue weighted by atomic mass is 16.6. The molecule has 6 nitrogen and oxygen atoms in total. The zero-order valence-electron chi connectivity index (χ0n) is 10.9. The average Bonchev–Trinajstić information content (AvgIpc) is 2.26. The Labute approximate surface area is 109 Å². The third kappa shape index (κ3) is 4.09. The second-order valence-electron chi connectivity index (χ2n) is 3.93. The molecule has 0 aliphatic heterocycles. The fourth-order valence-corrected chi connectivity index (χ4v) is 1.57. The first-order valence-electron chi connectivity index (χ1n) is 5.52. The lowest BCUT2D eigenvalue weighted by atomic mass is 10.0. The summed E-state index contributed by atoms with van der Waals surface area (Å²) in [7, 11) is 0. The van der Waals surface area contributed by atoms with Crippen LogP contribution in [-0.2, 0) is 20.8 Å². The van der Waals surface area contributed by atoms with E-state index in [0.717, 1.165) is 0 Å². The quantitative estimate of drug-likeness (QED) is 0.655. The SMILES string of the molecule is CC(=O)Oc1ccc(CC(=O)O)c(C)c1OC(C)=O. The molecule has 1 aromatic carbocycles. The standard InChI is InChI=1S/C13H14O6/c1-7-10(6-12(16)17)4-5-11(18-8(2)14)13(7)19-9(3)15/h4-5H,6H2,1-3H3,(H,16,17). The third-order valence-corrected chi connectivity index (χ3v) is 2.32. The van der Waals surface area contributed by atoms with Crippen LogP contribution in [0.4, 0.5) is 0 Å². The normalized spacial score (nSPS) is 9.84. The molecule has 0 aromatic heterocycles. The second-order valence-corrected chi connectivity index (χ2v) is 3.93. The van der Waals surface area contributed by atoms with Crippen LogP contribution in [0.25, 0.3) is 0 Å². The molecule has 0 heterocycles. The van der Waals surface area contributed by atoms with E-state index in [1.807, 2.05) is 0 Å². The van der Waals surface area contributed by atoms with Gasteiger partial charge in [0.25, 0.3) is 0 Å². The molecule has 1 aromatic rings. The van der Waals surface area contributed by atoms with Crippen molar-refractivity contribution in [2.45, 2.75) is 27.2 Å². The molecular formula is C13H14O6. The molecule has 0 saturated carbocycles. The Morgan fingerprint density at radius 3 is 2.16 bits per heavy atom. The number of hydrogen-bond donors (Lipinski definition) is 1. The van der Waals surface area contributed by atoms with E-state index < -0.39 is 17.9 Å². The molecule has 0 bridgehead atoms. The molecule has 0 unspecified atom stereocenters. The number of esters is 2. The van der Waals surface area contributed by atoms with Gasteiger partial charge in [-0.2, -0.15) is 0 Å². The van der Waals surface area contributed by atoms with Gasteiger partial charge in [-0.3, -0.25) is 14.4 Å². The van der Waals surface area contributed by atoms with Gasteiger partial charge in [0.05, 0.1) is 6.42 Å². The summed E-state index contributed by atoms with van der Waals surface area (Å²) in [6, 6.07) is 2.93. The zero-order chi connectivity index (χ0) is 14.6. The second kappa shape index (κ2) is 5.99. The summed E-state index contributed by atoms with van der Waals surface area (Å²) in [4.78, 5) is 32.8. The van der Waals surface area contributed by atoms with Gasteiger partial charge in [0.2, 0.25) is 0 Å². The lowest BCUT2D eigenvalue weighted by Crippen LogP contribution is -2.10. The van der Waals surface area contributed by atoms with Crippen molar-refractivity contribution in [2.24, 2.45) is 0 Å². The van der Waals surface area contributed by atoms with E-state index in [9.17, 15) is 14.4 Å². The molecular weight excluding hydrogens is 252 g/mol. The van der Waals surface area contributed by atoms with E-state index in [0.29, 0.717) is 11.1 Å². The molecule has 1 rings (SSSR count). The van der Waals surface area contributed by atoms with Crippen LogP contribution in [0.2, 0.25) is 0 Å². The van der Waals surface area contributed by atoms with Crippen LogP contribution in [0.15, 0.2) is 12.1 Å². The number of hydrogen-bond acceptors (Lipinski definition) is 5. The largest absolute Gasteiger partial charge is 0.481 e. The molecule has 0 spiro atoms. The summed E-state index contributed by atoms with van der Waals surface area (Å²) in [5.41, 5.74) is 0.941. The van der Waals surface area contributed by atoms with E-state index in [4.69, 9.17) is 14.6 Å². The molecule has 6 heteroatoms. The highest BCUT2D eigenvalue weighted by molar-refractivity contribution is 5.76. The molecule has 102 valence electrons. The number of ether oxygens (including phenoxy) is 2. The van der Waals surface area contributed by atoms with Gasteiger partial charge in [-0.1, -0.05) is 6.07 Å². The number of rotatable bonds is 4. The van der Waals surface area contributed by atoms with E-state index in [1.54, 1.807) is 6.92 Å². The third-order valence-electron chi connectivity index (χ3n) is 2.32. The molecule has 0 aliphatic carbocycles. The molecule has 0 radical (unpaired) electrons. The fraction of sp³-hybridized carbons (Fsp3) is 0.308. The van der Waals surface area contributed by atoms with Crippen LogP contribution in [-0.4, -0.2) is 23.0 Å². The molecule has 19 heavy (non-hydrogen) atoms. The van der Waals surface area contributed by atoms with Crippen LogP contribution in [0.5, 0.6) is 11.5 Å². The Hall–Kier alpha value is -2.37. The predicted octanol–water partition coefficient (Wildman–Crippen LogP) is 1.47. The van der Waals surface area contributed by atoms with Crippen molar-refractivity contribution in [3.05, 3.63) is 23.3 Å². The van der Waals surface area contributed by atoms with Gasteiger partial charge < -0.3 is 14.6 Å². The van der Waals surface area contributed by atoms with E-state index in [1.165, 1.54) is 26.0 Å². The maximum absolute atomic E-state index is 11.1. The van der Waals surface area contributed by atoms with Gasteiger partial charge in [-0.15, -0.1) is 0 Å². The summed E-state index contributed by atoms with van der Waals surface area (Å²) in [6.07, 6.45) is -0.208. The summed E-state index contributed by atoms with van der Waals surface area (Å²) >= 11 is 0. The minimum absolute atomic E-state index is 0.0708. The van der Waals surface area contributed by atoms with E-state index in [-0.39, 0.29) is 17.9 Å². The van der Waals surface area contributed by atoms with Gasteiger partial charge in [-0.05, 0) is 24.1 Å². The van der Waals surface area contributed by atoms with Gasteiger partial charge in [0, 0.05) is 13.8 Å². The molecule has 0 saturated heterocycles. The number of carboxylic acids is 1. The van der Waals surface area contributed by atoms with Crippen molar-refractivity contribution in [2.75, 3.05) is 0 Å². The van der Waals surface area contributed by atoms with Crippen LogP contribution in [0, 0.1) is 6.92 Å². The molecule has 0 atom stereocenters. The number of carbonyl (C=O) groups excluding carboxylic acids is 2. The maximum Gasteiger partial charge on any atom is 0.308 e. The van der Waals surface area contributed by atoms with Crippen molar-refractivity contribution >= 4 is 17.9 Å². The highest BCUT2D eigenvalue weighted by Gasteiger charge is 2.17.